The summed E-state index contributed by atoms with van der Waals surface area (Å²) in [5.74, 6) is -0.274. The van der Waals surface area contributed by atoms with E-state index in [4.69, 9.17) is 9.47 Å². The molecule has 6 nitrogen and oxygen atoms in total. The lowest BCUT2D eigenvalue weighted by Gasteiger charge is -2.33. The van der Waals surface area contributed by atoms with Crippen LogP contribution in [0.1, 0.15) is 49.4 Å². The van der Waals surface area contributed by atoms with E-state index in [1.54, 1.807) is 36.2 Å². The van der Waals surface area contributed by atoms with E-state index in [9.17, 15) is 9.59 Å². The average Bonchev–Trinajstić information content (AvgIpc) is 3.23. The number of hydrogen-bond acceptors (Lipinski definition) is 6. The lowest BCUT2D eigenvalue weighted by molar-refractivity contribution is -0.127. The van der Waals surface area contributed by atoms with Crippen molar-refractivity contribution >= 4 is 44.3 Å². The Hall–Kier alpha value is -1.93. The first kappa shape index (κ1) is 20.8. The molecule has 1 aliphatic rings. The predicted molar refractivity (Wildman–Crippen MR) is 112 cm³/mol. The summed E-state index contributed by atoms with van der Waals surface area (Å²) in [7, 11) is 1.53. The van der Waals surface area contributed by atoms with Gasteiger partial charge in [-0.05, 0) is 53.9 Å². The van der Waals surface area contributed by atoms with E-state index in [0.29, 0.717) is 20.9 Å². The minimum atomic E-state index is -0.920. The van der Waals surface area contributed by atoms with E-state index >= 15 is 0 Å². The molecule has 1 atom stereocenters. The molecule has 1 unspecified atom stereocenters. The highest BCUT2D eigenvalue weighted by molar-refractivity contribution is 9.10. The fourth-order valence-corrected chi connectivity index (χ4v) is 4.49. The zero-order chi connectivity index (χ0) is 20.1. The standard InChI is InChI=1S/C20H23BrN2O4S/c1-13(27-19(25)16-12-15(26-2)8-9-17(16)21)18(24)23(20-22-10-11-28-20)14-6-4-3-5-7-14/h8-14H,3-7H2,1-2H3. The zero-order valence-electron chi connectivity index (χ0n) is 15.9. The fraction of sp³-hybridized carbons (Fsp3) is 0.450. The Morgan fingerprint density at radius 2 is 2.04 bits per heavy atom. The molecule has 8 heteroatoms. The molecule has 1 aromatic carbocycles. The molecule has 0 saturated heterocycles. The second-order valence-electron chi connectivity index (χ2n) is 6.71. The number of thiazole rings is 1. The topological polar surface area (TPSA) is 68.7 Å². The molecule has 0 bridgehead atoms. The van der Waals surface area contributed by atoms with Gasteiger partial charge in [-0.2, -0.15) is 0 Å². The van der Waals surface area contributed by atoms with Crippen molar-refractivity contribution in [1.82, 2.24) is 4.98 Å². The molecule has 0 N–H and O–H groups in total. The summed E-state index contributed by atoms with van der Waals surface area (Å²) >= 11 is 4.77. The minimum absolute atomic E-state index is 0.0945. The number of anilines is 1. The van der Waals surface area contributed by atoms with Crippen LogP contribution in [0, 0.1) is 0 Å². The smallest absolute Gasteiger partial charge is 0.340 e. The van der Waals surface area contributed by atoms with Crippen molar-refractivity contribution in [3.05, 3.63) is 39.8 Å². The Bertz CT molecular complexity index is 822. The number of carbonyl (C=O) groups excluding carboxylic acids is 2. The molecule has 1 fully saturated rings. The summed E-state index contributed by atoms with van der Waals surface area (Å²) in [5.41, 5.74) is 0.317. The third-order valence-electron chi connectivity index (χ3n) is 4.83. The van der Waals surface area contributed by atoms with E-state index in [1.165, 1.54) is 24.9 Å². The highest BCUT2D eigenvalue weighted by Crippen LogP contribution is 2.30. The number of esters is 1. The number of hydrogen-bond donors (Lipinski definition) is 0. The number of benzene rings is 1. The van der Waals surface area contributed by atoms with Crippen molar-refractivity contribution in [3.8, 4) is 5.75 Å². The average molecular weight is 467 g/mol. The summed E-state index contributed by atoms with van der Waals surface area (Å²) in [6.45, 7) is 1.61. The Kier molecular flexibility index (Phi) is 7.07. The maximum absolute atomic E-state index is 13.2. The molecule has 1 aromatic heterocycles. The lowest BCUT2D eigenvalue weighted by Crippen LogP contribution is -2.47. The number of nitrogens with zero attached hydrogens (tertiary/aromatic N) is 2. The Labute approximate surface area is 177 Å². The first-order chi connectivity index (χ1) is 13.5. The zero-order valence-corrected chi connectivity index (χ0v) is 18.3. The SMILES string of the molecule is COc1ccc(Br)c(C(=O)OC(C)C(=O)N(c2nccs2)C2CCCCC2)c1. The van der Waals surface area contributed by atoms with Crippen LogP contribution in [-0.4, -0.2) is 36.1 Å². The molecule has 1 saturated carbocycles. The number of halogens is 1. The number of rotatable bonds is 6. The van der Waals surface area contributed by atoms with Gasteiger partial charge in [0.15, 0.2) is 11.2 Å². The summed E-state index contributed by atoms with van der Waals surface area (Å²) in [6, 6.07) is 5.13. The van der Waals surface area contributed by atoms with Crippen LogP contribution in [0.2, 0.25) is 0 Å². The van der Waals surface area contributed by atoms with Crippen LogP contribution in [-0.2, 0) is 9.53 Å². The van der Waals surface area contributed by atoms with Crippen LogP contribution in [0.3, 0.4) is 0 Å². The molecule has 0 spiro atoms. The van der Waals surface area contributed by atoms with E-state index in [1.807, 2.05) is 5.38 Å². The van der Waals surface area contributed by atoms with Gasteiger partial charge in [-0.25, -0.2) is 9.78 Å². The number of ether oxygens (including phenoxy) is 2. The summed E-state index contributed by atoms with van der Waals surface area (Å²) in [4.78, 5) is 31.9. The second kappa shape index (κ2) is 9.52. The largest absolute Gasteiger partial charge is 0.497 e. The van der Waals surface area contributed by atoms with E-state index in [2.05, 4.69) is 20.9 Å². The van der Waals surface area contributed by atoms with E-state index in [-0.39, 0.29) is 11.9 Å². The highest BCUT2D eigenvalue weighted by atomic mass is 79.9. The summed E-state index contributed by atoms with van der Waals surface area (Å²) in [5, 5.41) is 2.50. The van der Waals surface area contributed by atoms with Crippen molar-refractivity contribution in [2.75, 3.05) is 12.0 Å². The van der Waals surface area contributed by atoms with Gasteiger partial charge in [-0.3, -0.25) is 9.69 Å². The fourth-order valence-electron chi connectivity index (χ4n) is 3.36. The van der Waals surface area contributed by atoms with Crippen molar-refractivity contribution in [1.29, 1.82) is 0 Å². The van der Waals surface area contributed by atoms with E-state index < -0.39 is 12.1 Å². The van der Waals surface area contributed by atoms with Gasteiger partial charge < -0.3 is 9.47 Å². The highest BCUT2D eigenvalue weighted by Gasteiger charge is 2.33. The minimum Gasteiger partial charge on any atom is -0.497 e. The van der Waals surface area contributed by atoms with Crippen LogP contribution in [0.15, 0.2) is 34.2 Å². The maximum atomic E-state index is 13.2. The molecule has 28 heavy (non-hydrogen) atoms. The molecule has 1 aliphatic carbocycles. The second-order valence-corrected chi connectivity index (χ2v) is 8.44. The molecule has 150 valence electrons. The third kappa shape index (κ3) is 4.72. The molecule has 1 amide bonds. The maximum Gasteiger partial charge on any atom is 0.340 e. The van der Waals surface area contributed by atoms with Crippen LogP contribution in [0.4, 0.5) is 5.13 Å². The molecular weight excluding hydrogens is 444 g/mol. The van der Waals surface area contributed by atoms with Gasteiger partial charge in [0, 0.05) is 22.1 Å². The first-order valence-corrected chi connectivity index (χ1v) is 11.0. The van der Waals surface area contributed by atoms with Gasteiger partial charge in [-0.1, -0.05) is 19.3 Å². The van der Waals surface area contributed by atoms with Gasteiger partial charge in [0.2, 0.25) is 0 Å². The number of carbonyl (C=O) groups is 2. The van der Waals surface area contributed by atoms with Crippen LogP contribution in [0.5, 0.6) is 5.75 Å². The van der Waals surface area contributed by atoms with Crippen LogP contribution in [0.25, 0.3) is 0 Å². The molecular formula is C20H23BrN2O4S. The molecule has 3 rings (SSSR count). The van der Waals surface area contributed by atoms with E-state index in [0.717, 1.165) is 25.7 Å². The van der Waals surface area contributed by atoms with Crippen molar-refractivity contribution in [2.24, 2.45) is 0 Å². The van der Waals surface area contributed by atoms with Crippen LogP contribution < -0.4 is 9.64 Å². The van der Waals surface area contributed by atoms with Gasteiger partial charge in [0.25, 0.3) is 5.91 Å². The van der Waals surface area contributed by atoms with Gasteiger partial charge in [-0.15, -0.1) is 11.3 Å². The first-order valence-electron chi connectivity index (χ1n) is 9.28. The third-order valence-corrected chi connectivity index (χ3v) is 6.29. The number of methoxy groups -OCH3 is 1. The van der Waals surface area contributed by atoms with Crippen LogP contribution >= 0.6 is 27.3 Å². The predicted octanol–water partition coefficient (Wildman–Crippen LogP) is 4.83. The molecule has 0 aliphatic heterocycles. The van der Waals surface area contributed by atoms with Gasteiger partial charge >= 0.3 is 5.97 Å². The van der Waals surface area contributed by atoms with Gasteiger partial charge in [0.05, 0.1) is 12.7 Å². The van der Waals surface area contributed by atoms with Crippen molar-refractivity contribution < 1.29 is 19.1 Å². The van der Waals surface area contributed by atoms with Crippen molar-refractivity contribution in [2.45, 2.75) is 51.2 Å². The number of amides is 1. The molecule has 0 radical (unpaired) electrons. The Morgan fingerprint density at radius 1 is 1.29 bits per heavy atom. The van der Waals surface area contributed by atoms with Crippen molar-refractivity contribution in [3.63, 3.8) is 0 Å². The Morgan fingerprint density at radius 3 is 2.68 bits per heavy atom. The summed E-state index contributed by atoms with van der Waals surface area (Å²) < 4.78 is 11.3. The normalized spacial score (nSPS) is 15.7. The molecule has 1 heterocycles. The summed E-state index contributed by atoms with van der Waals surface area (Å²) in [6.07, 6.45) is 6.00. The van der Waals surface area contributed by atoms with Gasteiger partial charge in [0.1, 0.15) is 5.75 Å². The Balaban J connectivity index is 1.77. The monoisotopic (exact) mass is 466 g/mol. The number of aromatic nitrogens is 1. The molecule has 2 aromatic rings. The quantitative estimate of drug-likeness (QED) is 0.570. The lowest BCUT2D eigenvalue weighted by atomic mass is 9.94.